The van der Waals surface area contributed by atoms with Gasteiger partial charge in [-0.1, -0.05) is 0 Å². The van der Waals surface area contributed by atoms with Crippen molar-refractivity contribution in [3.63, 3.8) is 0 Å². The van der Waals surface area contributed by atoms with Crippen LogP contribution in [-0.4, -0.2) is 12.4 Å². The number of Topliss-reactive ketones (excluding diaryl/α,β-unsaturated/α-hetero) is 1. The number of carbonyl (C=O) groups is 1. The summed E-state index contributed by atoms with van der Waals surface area (Å²) < 4.78 is 18.9. The maximum Gasteiger partial charge on any atom is 0.136 e. The fourth-order valence-corrected chi connectivity index (χ4v) is 1.45. The minimum absolute atomic E-state index is 0.136. The van der Waals surface area contributed by atoms with Crippen LogP contribution in [0.4, 0.5) is 4.39 Å². The van der Waals surface area contributed by atoms with Crippen LogP contribution >= 0.6 is 15.9 Å². The molecule has 82 valence electrons. The van der Waals surface area contributed by atoms with Crippen molar-refractivity contribution in [3.8, 4) is 5.75 Å². The van der Waals surface area contributed by atoms with Gasteiger partial charge in [-0.05, 0) is 41.4 Å². The van der Waals surface area contributed by atoms with E-state index < -0.39 is 0 Å². The maximum absolute atomic E-state index is 12.8. The first-order valence-electron chi connectivity index (χ1n) is 4.67. The molecule has 0 atom stereocenters. The highest BCUT2D eigenvalue weighted by molar-refractivity contribution is 9.10. The van der Waals surface area contributed by atoms with E-state index >= 15 is 0 Å². The van der Waals surface area contributed by atoms with Gasteiger partial charge in [0.05, 0.1) is 11.1 Å². The van der Waals surface area contributed by atoms with Gasteiger partial charge in [0.15, 0.2) is 0 Å². The Morgan fingerprint density at radius 1 is 1.53 bits per heavy atom. The normalized spacial score (nSPS) is 10.1. The van der Waals surface area contributed by atoms with Crippen molar-refractivity contribution in [2.75, 3.05) is 6.61 Å². The van der Waals surface area contributed by atoms with Gasteiger partial charge >= 0.3 is 0 Å². The molecular formula is C11H12BrFO2. The second-order valence-corrected chi connectivity index (χ2v) is 4.08. The average Bonchev–Trinajstić information content (AvgIpc) is 2.17. The van der Waals surface area contributed by atoms with Crippen LogP contribution in [0, 0.1) is 5.82 Å². The second kappa shape index (κ2) is 5.85. The largest absolute Gasteiger partial charge is 0.492 e. The minimum atomic E-state index is -0.334. The first-order chi connectivity index (χ1) is 7.09. The molecule has 0 fully saturated rings. The van der Waals surface area contributed by atoms with E-state index in [-0.39, 0.29) is 11.6 Å². The molecule has 0 saturated heterocycles. The lowest BCUT2D eigenvalue weighted by Crippen LogP contribution is -2.01. The van der Waals surface area contributed by atoms with E-state index in [1.807, 2.05) is 0 Å². The highest BCUT2D eigenvalue weighted by Gasteiger charge is 2.02. The fourth-order valence-electron chi connectivity index (χ4n) is 1.09. The summed E-state index contributed by atoms with van der Waals surface area (Å²) in [6.45, 7) is 1.96. The highest BCUT2D eigenvalue weighted by Crippen LogP contribution is 2.25. The predicted molar refractivity (Wildman–Crippen MR) is 59.5 cm³/mol. The Hall–Kier alpha value is -0.900. The third kappa shape index (κ3) is 4.42. The van der Waals surface area contributed by atoms with Crippen LogP contribution in [-0.2, 0) is 4.79 Å². The van der Waals surface area contributed by atoms with Crippen LogP contribution in [0.25, 0.3) is 0 Å². The third-order valence-electron chi connectivity index (χ3n) is 1.82. The van der Waals surface area contributed by atoms with Gasteiger partial charge in [-0.25, -0.2) is 4.39 Å². The summed E-state index contributed by atoms with van der Waals surface area (Å²) >= 11 is 3.25. The number of halogens is 2. The van der Waals surface area contributed by atoms with E-state index in [0.29, 0.717) is 29.7 Å². The van der Waals surface area contributed by atoms with Gasteiger partial charge in [0.1, 0.15) is 17.3 Å². The number of hydrogen-bond acceptors (Lipinski definition) is 2. The summed E-state index contributed by atoms with van der Waals surface area (Å²) in [5, 5.41) is 0. The molecular weight excluding hydrogens is 263 g/mol. The molecule has 0 amide bonds. The van der Waals surface area contributed by atoms with Crippen molar-refractivity contribution in [2.45, 2.75) is 19.8 Å². The third-order valence-corrected chi connectivity index (χ3v) is 2.48. The molecule has 15 heavy (non-hydrogen) atoms. The molecule has 0 aromatic heterocycles. The summed E-state index contributed by atoms with van der Waals surface area (Å²) in [5.74, 6) is 0.273. The number of rotatable bonds is 5. The molecule has 1 aromatic rings. The van der Waals surface area contributed by atoms with Crippen molar-refractivity contribution in [2.24, 2.45) is 0 Å². The van der Waals surface area contributed by atoms with Crippen molar-refractivity contribution in [1.82, 2.24) is 0 Å². The molecule has 1 rings (SSSR count). The van der Waals surface area contributed by atoms with E-state index in [2.05, 4.69) is 15.9 Å². The smallest absolute Gasteiger partial charge is 0.136 e. The Labute approximate surface area is 96.6 Å². The van der Waals surface area contributed by atoms with Crippen LogP contribution in [0.5, 0.6) is 5.75 Å². The second-order valence-electron chi connectivity index (χ2n) is 3.23. The molecule has 0 heterocycles. The van der Waals surface area contributed by atoms with E-state index in [1.165, 1.54) is 19.1 Å². The summed E-state index contributed by atoms with van der Waals surface area (Å²) in [7, 11) is 0. The molecule has 0 aliphatic heterocycles. The van der Waals surface area contributed by atoms with Crippen LogP contribution in [0.15, 0.2) is 22.7 Å². The molecule has 0 radical (unpaired) electrons. The molecule has 0 saturated carbocycles. The zero-order valence-corrected chi connectivity index (χ0v) is 10.0. The molecule has 0 spiro atoms. The monoisotopic (exact) mass is 274 g/mol. The van der Waals surface area contributed by atoms with Crippen LogP contribution < -0.4 is 4.74 Å². The first-order valence-corrected chi connectivity index (χ1v) is 5.46. The van der Waals surface area contributed by atoms with Gasteiger partial charge in [0.2, 0.25) is 0 Å². The number of benzene rings is 1. The Morgan fingerprint density at radius 3 is 2.93 bits per heavy atom. The Bertz CT molecular complexity index is 352. The Balaban J connectivity index is 2.43. The zero-order chi connectivity index (χ0) is 11.3. The van der Waals surface area contributed by atoms with Gasteiger partial charge in [-0.3, -0.25) is 0 Å². The van der Waals surface area contributed by atoms with Crippen LogP contribution in [0.1, 0.15) is 19.8 Å². The van der Waals surface area contributed by atoms with Crippen molar-refractivity contribution >= 4 is 21.7 Å². The molecule has 0 N–H and O–H groups in total. The molecule has 0 aliphatic rings. The standard InChI is InChI=1S/C11H12BrFO2/c1-8(14)3-2-6-15-11-7-9(13)4-5-10(11)12/h4-5,7H,2-3,6H2,1H3. The van der Waals surface area contributed by atoms with Crippen LogP contribution in [0.2, 0.25) is 0 Å². The fraction of sp³-hybridized carbons (Fsp3) is 0.364. The van der Waals surface area contributed by atoms with E-state index in [4.69, 9.17) is 4.74 Å². The van der Waals surface area contributed by atoms with E-state index in [0.717, 1.165) is 0 Å². The summed E-state index contributed by atoms with van der Waals surface area (Å²) in [6.07, 6.45) is 1.14. The summed E-state index contributed by atoms with van der Waals surface area (Å²) in [4.78, 5) is 10.7. The summed E-state index contributed by atoms with van der Waals surface area (Å²) in [5.41, 5.74) is 0. The quantitative estimate of drug-likeness (QED) is 0.770. The number of carbonyl (C=O) groups excluding carboxylic acids is 1. The molecule has 0 unspecified atom stereocenters. The zero-order valence-electron chi connectivity index (χ0n) is 8.43. The topological polar surface area (TPSA) is 26.3 Å². The van der Waals surface area contributed by atoms with Gasteiger partial charge in [-0.2, -0.15) is 0 Å². The first kappa shape index (κ1) is 12.2. The SMILES string of the molecule is CC(=O)CCCOc1cc(F)ccc1Br. The number of ether oxygens (including phenoxy) is 1. The number of hydrogen-bond donors (Lipinski definition) is 0. The molecule has 2 nitrogen and oxygen atoms in total. The Kier molecular flexibility index (Phi) is 4.75. The average molecular weight is 275 g/mol. The van der Waals surface area contributed by atoms with Gasteiger partial charge in [-0.15, -0.1) is 0 Å². The Morgan fingerprint density at radius 2 is 2.27 bits per heavy atom. The lowest BCUT2D eigenvalue weighted by atomic mass is 10.2. The number of ketones is 1. The van der Waals surface area contributed by atoms with Crippen molar-refractivity contribution in [1.29, 1.82) is 0 Å². The van der Waals surface area contributed by atoms with E-state index in [1.54, 1.807) is 6.07 Å². The maximum atomic E-state index is 12.8. The summed E-state index contributed by atoms with van der Waals surface area (Å²) in [6, 6.07) is 4.26. The van der Waals surface area contributed by atoms with Gasteiger partial charge in [0.25, 0.3) is 0 Å². The predicted octanol–water partition coefficient (Wildman–Crippen LogP) is 3.34. The highest BCUT2D eigenvalue weighted by atomic mass is 79.9. The van der Waals surface area contributed by atoms with Crippen molar-refractivity contribution in [3.05, 3.63) is 28.5 Å². The van der Waals surface area contributed by atoms with Gasteiger partial charge in [0, 0.05) is 12.5 Å². The minimum Gasteiger partial charge on any atom is -0.492 e. The van der Waals surface area contributed by atoms with E-state index in [9.17, 15) is 9.18 Å². The van der Waals surface area contributed by atoms with Crippen molar-refractivity contribution < 1.29 is 13.9 Å². The lowest BCUT2D eigenvalue weighted by molar-refractivity contribution is -0.117. The van der Waals surface area contributed by atoms with Crippen LogP contribution in [0.3, 0.4) is 0 Å². The molecule has 1 aromatic carbocycles. The molecule has 0 aliphatic carbocycles. The molecule has 4 heteroatoms. The van der Waals surface area contributed by atoms with Gasteiger partial charge < -0.3 is 9.53 Å². The lowest BCUT2D eigenvalue weighted by Gasteiger charge is -2.07. The molecule has 0 bridgehead atoms.